The van der Waals surface area contributed by atoms with Gasteiger partial charge in [0.1, 0.15) is 0 Å². The van der Waals surface area contributed by atoms with Crippen LogP contribution in [-0.2, 0) is 0 Å². The van der Waals surface area contributed by atoms with Gasteiger partial charge in [-0.15, -0.1) is 0 Å². The molecule has 32 valence electrons. The first kappa shape index (κ1) is 5.48. The monoisotopic (exact) mass is 80.1 g/mol. The van der Waals surface area contributed by atoms with Crippen molar-refractivity contribution < 1.29 is 0 Å². The predicted octanol–water partition coefficient (Wildman–Crippen LogP) is 1.76. The molecule has 0 saturated carbocycles. The van der Waals surface area contributed by atoms with Crippen LogP contribution in [0.4, 0.5) is 0 Å². The van der Waals surface area contributed by atoms with E-state index in [-0.39, 0.29) is 0 Å². The summed E-state index contributed by atoms with van der Waals surface area (Å²) in [5, 5.41) is 0. The van der Waals surface area contributed by atoms with E-state index in [4.69, 9.17) is 6.58 Å². The van der Waals surface area contributed by atoms with Crippen molar-refractivity contribution in [2.75, 3.05) is 0 Å². The van der Waals surface area contributed by atoms with Crippen LogP contribution < -0.4 is 0 Å². The average Bonchev–Trinajstić information content (AvgIpc) is 1.61. The molecular formula is C6H8. The molecule has 2 radical (unpaired) electrons. The second-order valence-corrected chi connectivity index (χ2v) is 0.909. The van der Waals surface area contributed by atoms with Crippen LogP contribution in [0, 0.1) is 13.5 Å². The van der Waals surface area contributed by atoms with Gasteiger partial charge in [0.2, 0.25) is 0 Å². The van der Waals surface area contributed by atoms with Crippen LogP contribution in [-0.4, -0.2) is 0 Å². The molecule has 0 aliphatic rings. The first-order valence-corrected chi connectivity index (χ1v) is 1.91. The fourth-order valence-electron chi connectivity index (χ4n) is 0.175. The summed E-state index contributed by atoms with van der Waals surface area (Å²) < 4.78 is 0. The fourth-order valence-corrected chi connectivity index (χ4v) is 0.175. The molecule has 0 bridgehead atoms. The number of hydrogen-bond donors (Lipinski definition) is 0. The number of allylic oxidation sites excluding steroid dienone is 3. The third-order valence-electron chi connectivity index (χ3n) is 0.414. The second kappa shape index (κ2) is 4.48. The van der Waals surface area contributed by atoms with Gasteiger partial charge in [-0.3, -0.25) is 0 Å². The van der Waals surface area contributed by atoms with Crippen molar-refractivity contribution in [2.45, 2.75) is 6.42 Å². The molecule has 6 heavy (non-hydrogen) atoms. The Morgan fingerprint density at radius 2 is 2.33 bits per heavy atom. The lowest BCUT2D eigenvalue weighted by molar-refractivity contribution is 1.40. The summed E-state index contributed by atoms with van der Waals surface area (Å²) in [5.41, 5.74) is 0. The second-order valence-electron chi connectivity index (χ2n) is 0.909. The minimum Gasteiger partial charge on any atom is -0.0845 e. The van der Waals surface area contributed by atoms with E-state index in [9.17, 15) is 0 Å². The first-order chi connectivity index (χ1) is 2.91. The molecule has 0 nitrogen and oxygen atoms in total. The third kappa shape index (κ3) is 3.48. The Morgan fingerprint density at radius 1 is 1.67 bits per heavy atom. The smallest absolute Gasteiger partial charge is 0.0347 e. The lowest BCUT2D eigenvalue weighted by Gasteiger charge is -1.67. The standard InChI is InChI=1S/C6H8/c1-3-5-6-4-2/h1,3,5-6H,2,4H2/b3-1?,6-5+. The average molecular weight is 80.1 g/mol. The van der Waals surface area contributed by atoms with E-state index in [1.54, 1.807) is 6.08 Å². The highest BCUT2D eigenvalue weighted by Crippen LogP contribution is 1.75. The summed E-state index contributed by atoms with van der Waals surface area (Å²) >= 11 is 0. The molecule has 0 aromatic carbocycles. The van der Waals surface area contributed by atoms with E-state index in [0.717, 1.165) is 6.42 Å². The van der Waals surface area contributed by atoms with Gasteiger partial charge >= 0.3 is 0 Å². The SMILES string of the molecule is [CH]=C/C=C/C[CH2]. The molecule has 0 heteroatoms. The van der Waals surface area contributed by atoms with E-state index in [0.29, 0.717) is 0 Å². The topological polar surface area (TPSA) is 0 Å². The zero-order chi connectivity index (χ0) is 4.83. The van der Waals surface area contributed by atoms with Crippen molar-refractivity contribution in [2.24, 2.45) is 0 Å². The van der Waals surface area contributed by atoms with Crippen LogP contribution in [0.25, 0.3) is 0 Å². The highest BCUT2D eigenvalue weighted by atomic mass is 13.6. The maximum atomic E-state index is 4.97. The molecule has 0 spiro atoms. The Morgan fingerprint density at radius 3 is 2.50 bits per heavy atom. The van der Waals surface area contributed by atoms with Gasteiger partial charge in [0.25, 0.3) is 0 Å². The Labute approximate surface area is 39.2 Å². The molecule has 0 saturated heterocycles. The van der Waals surface area contributed by atoms with Crippen molar-refractivity contribution in [3.05, 3.63) is 31.7 Å². The molecule has 0 N–H and O–H groups in total. The summed E-state index contributed by atoms with van der Waals surface area (Å²) in [6.45, 7) is 8.54. The number of rotatable bonds is 2. The molecule has 0 aliphatic carbocycles. The van der Waals surface area contributed by atoms with Crippen molar-refractivity contribution in [3.8, 4) is 0 Å². The molecule has 0 heterocycles. The summed E-state index contributed by atoms with van der Waals surface area (Å²) in [5.74, 6) is 0. The van der Waals surface area contributed by atoms with Gasteiger partial charge in [-0.05, 0) is 13.3 Å². The Bertz CT molecular complexity index is 51.1. The largest absolute Gasteiger partial charge is 0.0845 e. The number of hydrogen-bond acceptors (Lipinski definition) is 0. The van der Waals surface area contributed by atoms with Crippen LogP contribution in [0.1, 0.15) is 6.42 Å². The minimum atomic E-state index is 0.813. The zero-order valence-corrected chi connectivity index (χ0v) is 3.72. The molecule has 0 fully saturated rings. The minimum absolute atomic E-state index is 0.813. The van der Waals surface area contributed by atoms with E-state index in [2.05, 4.69) is 6.92 Å². The maximum absolute atomic E-state index is 4.97. The summed E-state index contributed by atoms with van der Waals surface area (Å²) in [7, 11) is 0. The molecule has 0 rings (SSSR count). The van der Waals surface area contributed by atoms with Crippen molar-refractivity contribution >= 4 is 0 Å². The van der Waals surface area contributed by atoms with E-state index in [1.165, 1.54) is 6.08 Å². The molecular weight excluding hydrogens is 72.1 g/mol. The fraction of sp³-hybridized carbons (Fsp3) is 0.167. The lowest BCUT2D eigenvalue weighted by atomic mass is 10.4. The molecule has 0 aromatic rings. The summed E-state index contributed by atoms with van der Waals surface area (Å²) in [6.07, 6.45) is 5.96. The molecule has 0 aliphatic heterocycles. The maximum Gasteiger partial charge on any atom is -0.0347 e. The van der Waals surface area contributed by atoms with Gasteiger partial charge < -0.3 is 0 Å². The highest BCUT2D eigenvalue weighted by molar-refractivity contribution is 4.95. The van der Waals surface area contributed by atoms with Gasteiger partial charge in [-0.2, -0.15) is 0 Å². The lowest BCUT2D eigenvalue weighted by Crippen LogP contribution is -1.47. The summed E-state index contributed by atoms with van der Waals surface area (Å²) in [6, 6.07) is 0. The predicted molar refractivity (Wildman–Crippen MR) is 28.0 cm³/mol. The molecule has 0 aromatic heterocycles. The van der Waals surface area contributed by atoms with Crippen molar-refractivity contribution in [1.29, 1.82) is 0 Å². The quantitative estimate of drug-likeness (QED) is 0.443. The molecule has 0 atom stereocenters. The van der Waals surface area contributed by atoms with Crippen LogP contribution in [0.15, 0.2) is 18.2 Å². The van der Waals surface area contributed by atoms with Gasteiger partial charge in [0, 0.05) is 0 Å². The van der Waals surface area contributed by atoms with Crippen LogP contribution in [0.3, 0.4) is 0 Å². The molecule has 0 amide bonds. The van der Waals surface area contributed by atoms with Crippen molar-refractivity contribution in [3.63, 3.8) is 0 Å². The Hall–Kier alpha value is -0.520. The van der Waals surface area contributed by atoms with Gasteiger partial charge in [0.05, 0.1) is 0 Å². The van der Waals surface area contributed by atoms with Crippen LogP contribution in [0.5, 0.6) is 0 Å². The third-order valence-corrected chi connectivity index (χ3v) is 0.414. The highest BCUT2D eigenvalue weighted by Gasteiger charge is 1.55. The Kier molecular flexibility index (Phi) is 4.09. The van der Waals surface area contributed by atoms with Gasteiger partial charge in [-0.1, -0.05) is 24.8 Å². The van der Waals surface area contributed by atoms with E-state index < -0.39 is 0 Å². The summed E-state index contributed by atoms with van der Waals surface area (Å²) in [4.78, 5) is 0. The van der Waals surface area contributed by atoms with Crippen LogP contribution >= 0.6 is 0 Å². The van der Waals surface area contributed by atoms with Crippen LogP contribution in [0.2, 0.25) is 0 Å². The van der Waals surface area contributed by atoms with Gasteiger partial charge in [-0.25, -0.2) is 0 Å². The normalized spacial score (nSPS) is 9.50. The Balaban J connectivity index is 2.94. The van der Waals surface area contributed by atoms with E-state index >= 15 is 0 Å². The van der Waals surface area contributed by atoms with Gasteiger partial charge in [0.15, 0.2) is 0 Å². The zero-order valence-electron chi connectivity index (χ0n) is 3.72. The van der Waals surface area contributed by atoms with E-state index in [1.807, 2.05) is 6.08 Å². The van der Waals surface area contributed by atoms with Crippen molar-refractivity contribution in [1.82, 2.24) is 0 Å². The molecule has 0 unspecified atom stereocenters. The first-order valence-electron chi connectivity index (χ1n) is 1.91.